The van der Waals surface area contributed by atoms with Gasteiger partial charge in [0, 0.05) is 23.7 Å². The van der Waals surface area contributed by atoms with Crippen LogP contribution in [0.5, 0.6) is 0 Å². The zero-order valence-electron chi connectivity index (χ0n) is 17.9. The maximum atomic E-state index is 14.0. The zero-order chi connectivity index (χ0) is 19.2. The number of rotatable bonds is 1. The van der Waals surface area contributed by atoms with Crippen molar-refractivity contribution in [1.82, 2.24) is 0 Å². The second-order valence-electron chi connectivity index (χ2n) is 11.3. The lowest BCUT2D eigenvalue weighted by Crippen LogP contribution is -2.73. The fraction of sp³-hybridized carbons (Fsp3) is 0.917. The van der Waals surface area contributed by atoms with Crippen molar-refractivity contribution in [2.24, 2.45) is 32.5 Å². The molecular weight excluding hydrogens is 320 g/mol. The largest absolute Gasteiger partial charge is 0.299 e. The quantitative estimate of drug-likeness (QED) is 0.566. The fourth-order valence-corrected chi connectivity index (χ4v) is 9.30. The third-order valence-corrected chi connectivity index (χ3v) is 11.6. The van der Waals surface area contributed by atoms with Crippen molar-refractivity contribution in [3.05, 3.63) is 0 Å². The molecule has 0 aromatic rings. The molecule has 0 aromatic heterocycles. The molecule has 0 amide bonds. The number of ketones is 2. The Hall–Kier alpha value is -0.660. The van der Waals surface area contributed by atoms with Gasteiger partial charge in [0.1, 0.15) is 11.6 Å². The van der Waals surface area contributed by atoms with E-state index in [1.165, 1.54) is 32.1 Å². The lowest BCUT2D eigenvalue weighted by atomic mass is 9.27. The van der Waals surface area contributed by atoms with E-state index >= 15 is 0 Å². The summed E-state index contributed by atoms with van der Waals surface area (Å²) in [6.45, 7) is 14.1. The Morgan fingerprint density at radius 3 is 2.08 bits per heavy atom. The molecule has 3 unspecified atom stereocenters. The average molecular weight is 359 g/mol. The van der Waals surface area contributed by atoms with E-state index < -0.39 is 5.41 Å². The molecule has 0 aromatic carbocycles. The maximum absolute atomic E-state index is 14.0. The maximum Gasteiger partial charge on any atom is 0.140 e. The lowest BCUT2D eigenvalue weighted by Gasteiger charge is -2.75. The number of fused-ring (bicyclic) bond motifs is 5. The molecule has 4 rings (SSSR count). The van der Waals surface area contributed by atoms with E-state index in [4.69, 9.17) is 0 Å². The third kappa shape index (κ3) is 1.56. The van der Waals surface area contributed by atoms with Crippen LogP contribution in [-0.4, -0.2) is 11.6 Å². The van der Waals surface area contributed by atoms with E-state index in [0.29, 0.717) is 24.4 Å². The Kier molecular flexibility index (Phi) is 3.62. The Labute approximate surface area is 159 Å². The summed E-state index contributed by atoms with van der Waals surface area (Å²) >= 11 is 0. The van der Waals surface area contributed by atoms with Crippen molar-refractivity contribution in [3.8, 4) is 0 Å². The first-order valence-electron chi connectivity index (χ1n) is 11.0. The Bertz CT molecular complexity index is 682. The van der Waals surface area contributed by atoms with Crippen molar-refractivity contribution >= 4 is 11.6 Å². The summed E-state index contributed by atoms with van der Waals surface area (Å²) < 4.78 is 0. The van der Waals surface area contributed by atoms with E-state index in [9.17, 15) is 9.59 Å². The minimum Gasteiger partial charge on any atom is -0.299 e. The van der Waals surface area contributed by atoms with E-state index in [1.54, 1.807) is 0 Å². The summed E-state index contributed by atoms with van der Waals surface area (Å²) in [6, 6.07) is 0. The van der Waals surface area contributed by atoms with Gasteiger partial charge >= 0.3 is 0 Å². The summed E-state index contributed by atoms with van der Waals surface area (Å²) in [5.74, 6) is 0.759. The zero-order valence-corrected chi connectivity index (χ0v) is 17.9. The molecule has 6 atom stereocenters. The van der Waals surface area contributed by atoms with Crippen LogP contribution in [0.25, 0.3) is 0 Å². The summed E-state index contributed by atoms with van der Waals surface area (Å²) in [5, 5.41) is 0. The van der Waals surface area contributed by atoms with Crippen molar-refractivity contribution in [3.63, 3.8) is 0 Å². The van der Waals surface area contributed by atoms with Gasteiger partial charge in [0.15, 0.2) is 0 Å². The molecule has 2 heteroatoms. The standard InChI is InChI=1S/C24H38O2/c1-7-24-13-10-17(25)20(24,3)16-18(26)23(6)21(4)12-9-8-11-19(21,2)14-15-22(23,24)5/h7-16H2,1-6H3/t19?,20-,21+,22-,23?,24?/m1/s1. The van der Waals surface area contributed by atoms with Gasteiger partial charge in [-0.2, -0.15) is 0 Å². The van der Waals surface area contributed by atoms with E-state index in [0.717, 1.165) is 19.3 Å². The first kappa shape index (κ1) is 18.7. The van der Waals surface area contributed by atoms with Gasteiger partial charge < -0.3 is 0 Å². The van der Waals surface area contributed by atoms with Crippen molar-refractivity contribution in [2.45, 2.75) is 106 Å². The number of Topliss-reactive ketones (excluding diaryl/α,β-unsaturated/α-hetero) is 2. The van der Waals surface area contributed by atoms with Crippen LogP contribution in [0.1, 0.15) is 106 Å². The normalized spacial score (nSPS) is 56.7. The van der Waals surface area contributed by atoms with Gasteiger partial charge in [0.05, 0.1) is 0 Å². The van der Waals surface area contributed by atoms with Gasteiger partial charge in [0.2, 0.25) is 0 Å². The van der Waals surface area contributed by atoms with Gasteiger partial charge in [0.25, 0.3) is 0 Å². The molecule has 4 fully saturated rings. The molecule has 146 valence electrons. The highest BCUT2D eigenvalue weighted by Gasteiger charge is 2.79. The first-order chi connectivity index (χ1) is 12.0. The molecule has 0 radical (unpaired) electrons. The van der Waals surface area contributed by atoms with Gasteiger partial charge in [-0.05, 0) is 60.2 Å². The predicted molar refractivity (Wildman–Crippen MR) is 105 cm³/mol. The van der Waals surface area contributed by atoms with Crippen LogP contribution in [0.15, 0.2) is 0 Å². The molecule has 4 aliphatic carbocycles. The van der Waals surface area contributed by atoms with Gasteiger partial charge in [-0.1, -0.05) is 54.4 Å². The summed E-state index contributed by atoms with van der Waals surface area (Å²) in [4.78, 5) is 27.0. The second-order valence-corrected chi connectivity index (χ2v) is 11.3. The molecule has 2 nitrogen and oxygen atoms in total. The smallest absolute Gasteiger partial charge is 0.140 e. The van der Waals surface area contributed by atoms with E-state index in [-0.39, 0.29) is 27.1 Å². The highest BCUT2D eigenvalue weighted by atomic mass is 16.1. The Balaban J connectivity index is 1.98. The minimum atomic E-state index is -0.439. The topological polar surface area (TPSA) is 34.1 Å². The van der Waals surface area contributed by atoms with Crippen LogP contribution >= 0.6 is 0 Å². The number of hydrogen-bond acceptors (Lipinski definition) is 2. The van der Waals surface area contributed by atoms with Crippen LogP contribution in [0.3, 0.4) is 0 Å². The number of carbonyl (C=O) groups is 2. The third-order valence-electron chi connectivity index (χ3n) is 11.6. The summed E-state index contributed by atoms with van der Waals surface area (Å²) in [6.07, 6.45) is 10.5. The van der Waals surface area contributed by atoms with Gasteiger partial charge in [-0.3, -0.25) is 9.59 Å². The molecule has 0 N–H and O–H groups in total. The van der Waals surface area contributed by atoms with Crippen molar-refractivity contribution in [1.29, 1.82) is 0 Å². The highest BCUT2D eigenvalue weighted by molar-refractivity contribution is 5.98. The van der Waals surface area contributed by atoms with Crippen molar-refractivity contribution < 1.29 is 9.59 Å². The minimum absolute atomic E-state index is 0.0124. The summed E-state index contributed by atoms with van der Waals surface area (Å²) in [5.41, 5.74) is -0.518. The van der Waals surface area contributed by atoms with Crippen LogP contribution in [0, 0.1) is 32.5 Å². The molecule has 4 aliphatic rings. The second kappa shape index (κ2) is 5.03. The predicted octanol–water partition coefficient (Wildman–Crippen LogP) is 6.12. The molecule has 0 heterocycles. The molecule has 0 saturated heterocycles. The molecule has 0 spiro atoms. The lowest BCUT2D eigenvalue weighted by molar-refractivity contribution is -0.263. The fourth-order valence-electron chi connectivity index (χ4n) is 9.30. The monoisotopic (exact) mass is 358 g/mol. The van der Waals surface area contributed by atoms with Crippen LogP contribution in [0.2, 0.25) is 0 Å². The van der Waals surface area contributed by atoms with Crippen LogP contribution in [-0.2, 0) is 9.59 Å². The summed E-state index contributed by atoms with van der Waals surface area (Å²) in [7, 11) is 0. The van der Waals surface area contributed by atoms with E-state index in [2.05, 4.69) is 41.5 Å². The SMILES string of the molecule is CCC12CCC(=O)[C@@]1(C)CC(=O)C1(C)[C@@]3(C)CCCCC3(C)CC[C@]12C. The average Bonchev–Trinajstić information content (AvgIpc) is 2.85. The molecular formula is C24H38O2. The molecule has 0 bridgehead atoms. The Morgan fingerprint density at radius 1 is 0.769 bits per heavy atom. The molecule has 0 aliphatic heterocycles. The van der Waals surface area contributed by atoms with E-state index in [1.807, 2.05) is 0 Å². The molecule has 4 saturated carbocycles. The van der Waals surface area contributed by atoms with Gasteiger partial charge in [-0.15, -0.1) is 0 Å². The first-order valence-corrected chi connectivity index (χ1v) is 11.0. The molecule has 26 heavy (non-hydrogen) atoms. The van der Waals surface area contributed by atoms with Crippen LogP contribution < -0.4 is 0 Å². The van der Waals surface area contributed by atoms with Crippen LogP contribution in [0.4, 0.5) is 0 Å². The Morgan fingerprint density at radius 2 is 1.42 bits per heavy atom. The number of carbonyl (C=O) groups excluding carboxylic acids is 2. The number of hydrogen-bond donors (Lipinski definition) is 0. The van der Waals surface area contributed by atoms with Gasteiger partial charge in [-0.25, -0.2) is 0 Å². The van der Waals surface area contributed by atoms with Crippen molar-refractivity contribution in [2.75, 3.05) is 0 Å². The highest BCUT2D eigenvalue weighted by Crippen LogP contribution is 2.82.